The molecule has 0 aliphatic carbocycles. The lowest BCUT2D eigenvalue weighted by Gasteiger charge is -2.35. The number of carbonyl (C=O) groups is 2. The maximum absolute atomic E-state index is 12.8. The topological polar surface area (TPSA) is 78.0 Å². The Morgan fingerprint density at radius 2 is 1.62 bits per heavy atom. The van der Waals surface area contributed by atoms with Crippen LogP contribution in [0.25, 0.3) is 0 Å². The molecule has 2 rings (SSSR count). The molecule has 0 N–H and O–H groups in total. The second kappa shape index (κ2) is 8.29. The lowest BCUT2D eigenvalue weighted by molar-refractivity contribution is -0.138. The minimum absolute atomic E-state index is 0.0259. The number of carbonyl (C=O) groups excluding carboxylic acids is 2. The largest absolute Gasteiger partial charge is 0.341 e. The molecule has 0 radical (unpaired) electrons. The molecule has 0 saturated carbocycles. The summed E-state index contributed by atoms with van der Waals surface area (Å²) in [7, 11) is -1.13. The van der Waals surface area contributed by atoms with E-state index in [0.717, 1.165) is 38.5 Å². The molecule has 2 aliphatic rings. The molecule has 0 bridgehead atoms. The zero-order chi connectivity index (χ0) is 17.7. The molecule has 2 heterocycles. The van der Waals surface area contributed by atoms with E-state index in [4.69, 9.17) is 0 Å². The predicted octanol–water partition coefficient (Wildman–Crippen LogP) is -0.0337. The fourth-order valence-corrected chi connectivity index (χ4v) is 3.96. The van der Waals surface area contributed by atoms with Crippen molar-refractivity contribution in [1.82, 2.24) is 14.7 Å². The van der Waals surface area contributed by atoms with Crippen LogP contribution in [0.4, 0.5) is 0 Å². The van der Waals surface area contributed by atoms with Crippen LogP contribution in [-0.2, 0) is 19.4 Å². The van der Waals surface area contributed by atoms with E-state index in [1.807, 2.05) is 11.9 Å². The molecule has 1 atom stereocenters. The summed E-state index contributed by atoms with van der Waals surface area (Å²) in [4.78, 5) is 30.6. The Balaban J connectivity index is 1.87. The van der Waals surface area contributed by atoms with Gasteiger partial charge in [0.1, 0.15) is 9.84 Å². The van der Waals surface area contributed by atoms with E-state index in [1.165, 1.54) is 0 Å². The Labute approximate surface area is 144 Å². The number of hydrogen-bond acceptors (Lipinski definition) is 5. The van der Waals surface area contributed by atoms with Crippen LogP contribution in [0.15, 0.2) is 0 Å². The first kappa shape index (κ1) is 19.2. The number of likely N-dealkylation sites (N-methyl/N-ethyl adjacent to an activating group) is 1. The molecule has 0 aromatic rings. The van der Waals surface area contributed by atoms with Gasteiger partial charge in [-0.05, 0) is 32.9 Å². The SMILES string of the molecule is CN1CCCCC1C(=O)N1CCCN(C(=O)CCS(C)(=O)=O)CC1. The highest BCUT2D eigenvalue weighted by atomic mass is 32.2. The van der Waals surface area contributed by atoms with Crippen molar-refractivity contribution in [2.75, 3.05) is 51.8 Å². The Kier molecular flexibility index (Phi) is 6.62. The average Bonchev–Trinajstić information content (AvgIpc) is 2.78. The number of piperidine rings is 1. The molecule has 2 aliphatic heterocycles. The van der Waals surface area contributed by atoms with Crippen molar-refractivity contribution >= 4 is 21.7 Å². The number of rotatable bonds is 4. The molecule has 138 valence electrons. The number of nitrogens with zero attached hydrogens (tertiary/aromatic N) is 3. The van der Waals surface area contributed by atoms with Gasteiger partial charge in [-0.1, -0.05) is 6.42 Å². The van der Waals surface area contributed by atoms with Crippen LogP contribution in [-0.4, -0.2) is 92.8 Å². The monoisotopic (exact) mass is 359 g/mol. The van der Waals surface area contributed by atoms with Crippen molar-refractivity contribution < 1.29 is 18.0 Å². The summed E-state index contributed by atoms with van der Waals surface area (Å²) in [6.07, 6.45) is 5.05. The molecular formula is C16H29N3O4S. The molecule has 24 heavy (non-hydrogen) atoms. The first-order valence-corrected chi connectivity index (χ1v) is 10.8. The number of hydrogen-bond donors (Lipinski definition) is 0. The quantitative estimate of drug-likeness (QED) is 0.704. The van der Waals surface area contributed by atoms with Gasteiger partial charge in [-0.3, -0.25) is 14.5 Å². The van der Waals surface area contributed by atoms with Crippen molar-refractivity contribution in [2.45, 2.75) is 38.1 Å². The highest BCUT2D eigenvalue weighted by molar-refractivity contribution is 7.90. The van der Waals surface area contributed by atoms with Gasteiger partial charge in [0.2, 0.25) is 11.8 Å². The number of sulfone groups is 1. The van der Waals surface area contributed by atoms with E-state index in [9.17, 15) is 18.0 Å². The van der Waals surface area contributed by atoms with E-state index < -0.39 is 9.84 Å². The van der Waals surface area contributed by atoms with Crippen LogP contribution < -0.4 is 0 Å². The van der Waals surface area contributed by atoms with E-state index in [2.05, 4.69) is 4.90 Å². The summed E-state index contributed by atoms with van der Waals surface area (Å²) in [5.74, 6) is -0.0789. The zero-order valence-electron chi connectivity index (χ0n) is 14.7. The van der Waals surface area contributed by atoms with Gasteiger partial charge in [-0.25, -0.2) is 8.42 Å². The number of amides is 2. The van der Waals surface area contributed by atoms with Crippen molar-refractivity contribution in [3.63, 3.8) is 0 Å². The van der Waals surface area contributed by atoms with Crippen LogP contribution in [0.5, 0.6) is 0 Å². The molecule has 1 unspecified atom stereocenters. The van der Waals surface area contributed by atoms with Crippen LogP contribution in [0.2, 0.25) is 0 Å². The highest BCUT2D eigenvalue weighted by Gasteiger charge is 2.31. The van der Waals surface area contributed by atoms with Gasteiger partial charge >= 0.3 is 0 Å². The molecule has 0 spiro atoms. The first-order chi connectivity index (χ1) is 11.3. The van der Waals surface area contributed by atoms with E-state index in [0.29, 0.717) is 26.2 Å². The van der Waals surface area contributed by atoms with Crippen LogP contribution in [0, 0.1) is 0 Å². The molecule has 2 saturated heterocycles. The van der Waals surface area contributed by atoms with Crippen molar-refractivity contribution in [3.05, 3.63) is 0 Å². The second-order valence-electron chi connectivity index (χ2n) is 6.93. The predicted molar refractivity (Wildman–Crippen MR) is 92.4 cm³/mol. The maximum Gasteiger partial charge on any atom is 0.239 e. The maximum atomic E-state index is 12.8. The lowest BCUT2D eigenvalue weighted by atomic mass is 10.0. The summed E-state index contributed by atoms with van der Waals surface area (Å²) in [6, 6.07) is -0.0359. The smallest absolute Gasteiger partial charge is 0.239 e. The molecular weight excluding hydrogens is 330 g/mol. The summed E-state index contributed by atoms with van der Waals surface area (Å²) < 4.78 is 22.4. The Bertz CT molecular complexity index is 564. The van der Waals surface area contributed by atoms with Gasteiger partial charge in [-0.15, -0.1) is 0 Å². The Hall–Kier alpha value is -1.15. The van der Waals surface area contributed by atoms with Gasteiger partial charge in [0.05, 0.1) is 11.8 Å². The van der Waals surface area contributed by atoms with Gasteiger partial charge in [0.15, 0.2) is 0 Å². The molecule has 2 amide bonds. The van der Waals surface area contributed by atoms with Gasteiger partial charge < -0.3 is 9.80 Å². The molecule has 7 nitrogen and oxygen atoms in total. The van der Waals surface area contributed by atoms with E-state index in [-0.39, 0.29) is 30.0 Å². The lowest BCUT2D eigenvalue weighted by Crippen LogP contribution is -2.50. The van der Waals surface area contributed by atoms with E-state index in [1.54, 1.807) is 4.90 Å². The summed E-state index contributed by atoms with van der Waals surface area (Å²) in [5, 5.41) is 0. The summed E-state index contributed by atoms with van der Waals surface area (Å²) in [6.45, 7) is 3.24. The van der Waals surface area contributed by atoms with Crippen molar-refractivity contribution in [3.8, 4) is 0 Å². The molecule has 0 aromatic carbocycles. The van der Waals surface area contributed by atoms with E-state index >= 15 is 0 Å². The molecule has 2 fully saturated rings. The molecule has 0 aromatic heterocycles. The van der Waals surface area contributed by atoms with Gasteiger partial charge in [0.25, 0.3) is 0 Å². The fraction of sp³-hybridized carbons (Fsp3) is 0.875. The zero-order valence-corrected chi connectivity index (χ0v) is 15.6. The fourth-order valence-electron chi connectivity index (χ4n) is 3.42. The second-order valence-corrected chi connectivity index (χ2v) is 9.19. The first-order valence-electron chi connectivity index (χ1n) is 8.72. The van der Waals surface area contributed by atoms with Crippen molar-refractivity contribution in [1.29, 1.82) is 0 Å². The summed E-state index contributed by atoms with van der Waals surface area (Å²) in [5.41, 5.74) is 0. The normalized spacial score (nSPS) is 23.8. The minimum atomic E-state index is -3.13. The van der Waals surface area contributed by atoms with Crippen LogP contribution in [0.1, 0.15) is 32.1 Å². The highest BCUT2D eigenvalue weighted by Crippen LogP contribution is 2.18. The van der Waals surface area contributed by atoms with Gasteiger partial charge in [-0.2, -0.15) is 0 Å². The standard InChI is InChI=1S/C16H29N3O4S/c1-17-8-4-3-6-14(17)16(21)19-10-5-9-18(11-12-19)15(20)7-13-24(2,22)23/h14H,3-13H2,1-2H3. The third-order valence-electron chi connectivity index (χ3n) is 4.90. The van der Waals surface area contributed by atoms with Crippen LogP contribution in [0.3, 0.4) is 0 Å². The van der Waals surface area contributed by atoms with Crippen molar-refractivity contribution in [2.24, 2.45) is 0 Å². The third-order valence-corrected chi connectivity index (χ3v) is 5.85. The van der Waals surface area contributed by atoms with Gasteiger partial charge in [0, 0.05) is 38.9 Å². The summed E-state index contributed by atoms with van der Waals surface area (Å²) >= 11 is 0. The minimum Gasteiger partial charge on any atom is -0.341 e. The molecule has 8 heteroatoms. The Morgan fingerprint density at radius 1 is 0.958 bits per heavy atom. The average molecular weight is 359 g/mol. The number of likely N-dealkylation sites (tertiary alicyclic amines) is 1. The third kappa shape index (κ3) is 5.44. The Morgan fingerprint density at radius 3 is 2.29 bits per heavy atom. The van der Waals surface area contributed by atoms with Crippen LogP contribution >= 0.6 is 0 Å².